The average Bonchev–Trinajstić information content (AvgIpc) is 0.674. The number of fused-ring (bicyclic) bond motifs is 7. The van der Waals surface area contributed by atoms with Crippen LogP contribution in [-0.4, -0.2) is 309 Å². The van der Waals surface area contributed by atoms with Gasteiger partial charge in [-0.15, -0.1) is 0 Å². The number of hydrogen-bond donors (Lipinski definition) is 18. The second kappa shape index (κ2) is 27.7. The van der Waals surface area contributed by atoms with Gasteiger partial charge in [-0.05, 0) is 129 Å². The molecule has 30 nitrogen and oxygen atoms in total. The Morgan fingerprint density at radius 2 is 1.04 bits per heavy atom. The number of rotatable bonds is 15. The molecule has 0 amide bonds. The second-order valence-corrected chi connectivity index (χ2v) is 31.4. The van der Waals surface area contributed by atoms with E-state index in [0.29, 0.717) is 57.8 Å². The van der Waals surface area contributed by atoms with Crippen LogP contribution in [0.4, 0.5) is 0 Å². The van der Waals surface area contributed by atoms with Crippen LogP contribution in [0, 0.1) is 56.2 Å². The van der Waals surface area contributed by atoms with E-state index in [2.05, 4.69) is 40.7 Å². The Bertz CT molecular complexity index is 2680. The molecule has 0 radical (unpaired) electrons. The average molecular weight is 1370 g/mol. The lowest BCUT2D eigenvalue weighted by molar-refractivity contribution is -0.360. The van der Waals surface area contributed by atoms with Gasteiger partial charge in [0.25, 0.3) is 0 Å². The van der Waals surface area contributed by atoms with Crippen molar-refractivity contribution in [2.45, 2.75) is 298 Å². The molecule has 11 aliphatic rings. The largest absolute Gasteiger partial charge is 0.432 e. The molecule has 5 aliphatic carbocycles. The lowest BCUT2D eigenvalue weighted by Crippen LogP contribution is -2.69. The normalized spacial score (nSPS) is 55.6. The third-order valence-corrected chi connectivity index (χ3v) is 25.7. The first-order valence-electron chi connectivity index (χ1n) is 34.0. The number of aliphatic hydroxyl groups is 18. The smallest absolute Gasteiger partial charge is 0.315 e. The summed E-state index contributed by atoms with van der Waals surface area (Å²) in [5, 5.41) is 196. The van der Waals surface area contributed by atoms with Gasteiger partial charge in [0.15, 0.2) is 25.2 Å². The third-order valence-electron chi connectivity index (χ3n) is 25.7. The van der Waals surface area contributed by atoms with Gasteiger partial charge in [0.1, 0.15) is 128 Å². The van der Waals surface area contributed by atoms with Crippen molar-refractivity contribution in [3.8, 4) is 0 Å². The van der Waals surface area contributed by atoms with Crippen LogP contribution < -0.4 is 0 Å². The molecule has 18 N–H and O–H groups in total. The Morgan fingerprint density at radius 3 is 1.66 bits per heavy atom. The Labute approximate surface area is 551 Å². The maximum absolute atomic E-state index is 15.3. The van der Waals surface area contributed by atoms with E-state index in [9.17, 15) is 91.9 Å². The molecular formula is C65H106O30. The molecule has 95 heavy (non-hydrogen) atoms. The molecule has 0 aromatic heterocycles. The van der Waals surface area contributed by atoms with Crippen LogP contribution >= 0.6 is 0 Å². The lowest BCUT2D eigenvalue weighted by atomic mass is 9.33. The van der Waals surface area contributed by atoms with Crippen molar-refractivity contribution in [1.29, 1.82) is 0 Å². The summed E-state index contributed by atoms with van der Waals surface area (Å²) in [5.41, 5.74) is -2.22. The van der Waals surface area contributed by atoms with Gasteiger partial charge in [-0.2, -0.15) is 0 Å². The molecule has 0 unspecified atom stereocenters. The minimum atomic E-state index is -1.92. The van der Waals surface area contributed by atoms with Crippen LogP contribution in [0.15, 0.2) is 11.6 Å². The van der Waals surface area contributed by atoms with Crippen molar-refractivity contribution in [3.05, 3.63) is 11.6 Å². The van der Waals surface area contributed by atoms with Crippen LogP contribution in [0.25, 0.3) is 0 Å². The summed E-state index contributed by atoms with van der Waals surface area (Å²) in [5.74, 6) is -1.51. The molecule has 0 bridgehead atoms. The van der Waals surface area contributed by atoms with Crippen LogP contribution in [0.2, 0.25) is 0 Å². The molecule has 10 fully saturated rings. The first-order chi connectivity index (χ1) is 44.6. The summed E-state index contributed by atoms with van der Waals surface area (Å²) in [6, 6.07) is 0. The molecule has 6 aliphatic heterocycles. The van der Waals surface area contributed by atoms with Gasteiger partial charge >= 0.3 is 5.97 Å². The van der Waals surface area contributed by atoms with Crippen LogP contribution in [-0.2, 0) is 56.9 Å². The zero-order valence-electron chi connectivity index (χ0n) is 55.2. The molecule has 6 heterocycles. The summed E-state index contributed by atoms with van der Waals surface area (Å²) >= 11 is 0. The number of hydrogen-bond acceptors (Lipinski definition) is 30. The minimum absolute atomic E-state index is 0.0555. The molecular weight excluding hydrogens is 1260 g/mol. The summed E-state index contributed by atoms with van der Waals surface area (Å²) in [6.45, 7) is 13.6. The molecule has 11 rings (SSSR count). The first-order valence-corrected chi connectivity index (χ1v) is 34.0. The van der Waals surface area contributed by atoms with E-state index in [-0.39, 0.29) is 41.8 Å². The number of aliphatic hydroxyl groups excluding tert-OH is 18. The summed E-state index contributed by atoms with van der Waals surface area (Å²) in [7, 11) is 0. The number of esters is 1. The lowest BCUT2D eigenvalue weighted by Gasteiger charge is -2.72. The van der Waals surface area contributed by atoms with Gasteiger partial charge in [-0.1, -0.05) is 53.2 Å². The van der Waals surface area contributed by atoms with Crippen molar-refractivity contribution in [3.63, 3.8) is 0 Å². The van der Waals surface area contributed by atoms with E-state index < -0.39 is 231 Å². The van der Waals surface area contributed by atoms with Crippen LogP contribution in [0.1, 0.15) is 120 Å². The third kappa shape index (κ3) is 12.5. The van der Waals surface area contributed by atoms with Crippen molar-refractivity contribution in [2.24, 2.45) is 56.2 Å². The molecule has 4 saturated carbocycles. The van der Waals surface area contributed by atoms with E-state index in [1.807, 2.05) is 6.92 Å². The fourth-order valence-electron chi connectivity index (χ4n) is 19.5. The van der Waals surface area contributed by atoms with Crippen LogP contribution in [0.5, 0.6) is 0 Å². The number of carbonyl (C=O) groups is 1. The van der Waals surface area contributed by atoms with Gasteiger partial charge in [0.2, 0.25) is 6.29 Å². The Morgan fingerprint density at radius 1 is 0.516 bits per heavy atom. The van der Waals surface area contributed by atoms with E-state index in [1.54, 1.807) is 0 Å². The predicted octanol–water partition coefficient (Wildman–Crippen LogP) is -4.45. The molecule has 6 saturated heterocycles. The number of allylic oxidation sites excluding steroid dienone is 2. The summed E-state index contributed by atoms with van der Waals surface area (Å²) in [6.07, 6.45) is -38.2. The van der Waals surface area contributed by atoms with Crippen molar-refractivity contribution in [1.82, 2.24) is 0 Å². The van der Waals surface area contributed by atoms with Crippen molar-refractivity contribution < 1.29 is 149 Å². The quantitative estimate of drug-likeness (QED) is 0.0543. The zero-order valence-corrected chi connectivity index (χ0v) is 55.2. The predicted molar refractivity (Wildman–Crippen MR) is 319 cm³/mol. The Hall–Kier alpha value is -1.91. The topological polar surface area (TPSA) is 483 Å². The fraction of sp³-hybridized carbons (Fsp3) is 0.954. The highest BCUT2D eigenvalue weighted by molar-refractivity contribution is 5.79. The molecule has 546 valence electrons. The highest BCUT2D eigenvalue weighted by atomic mass is 16.8. The molecule has 0 aromatic rings. The van der Waals surface area contributed by atoms with Crippen molar-refractivity contribution in [2.75, 3.05) is 33.0 Å². The molecule has 0 spiro atoms. The van der Waals surface area contributed by atoms with Crippen LogP contribution in [0.3, 0.4) is 0 Å². The summed E-state index contributed by atoms with van der Waals surface area (Å²) in [4.78, 5) is 15.3. The number of ether oxygens (including phenoxy) is 11. The highest BCUT2D eigenvalue weighted by Crippen LogP contribution is 2.76. The molecule has 0 aromatic carbocycles. The van der Waals surface area contributed by atoms with E-state index in [0.717, 1.165) is 6.42 Å². The van der Waals surface area contributed by atoms with Gasteiger partial charge in [0.05, 0.1) is 50.2 Å². The van der Waals surface area contributed by atoms with Crippen molar-refractivity contribution >= 4 is 5.97 Å². The Balaban J connectivity index is 0.797. The van der Waals surface area contributed by atoms with Gasteiger partial charge in [-0.3, -0.25) is 4.79 Å². The standard InChI is InChI=1S/C65H106O30/c1-25-36(69)41(74)47(80)55(87-25)94-53-40(73)33(92-57-48(81)43(76)38(71)31(21-67)90-57)22-85-52(53)28-11-13-61(5)34(62(28,6)24-68)12-14-64(8)35(61)10-9-27-29-19-60(3,4)15-17-65(29,18-16-63(27,64)7)59(84)95-56-50(83)45(78)51(26(2)88-56)93-58-49(82)44(77)39(72)32(91-58)23-86-54-46(79)42(75)37(70)30(20-66)89-54/h9,25-26,28-58,66-83H,10-24H2,1-8H3/t25-,26-,28+,29-,30+,31+,32+,33-,34+,35+,36-,37+,38+,39+,40-,41+,42-,43-,44-,45-,46+,47+,48+,49+,50+,51-,52-,53+,54+,55-,56-,57-,58-,61-,62+,63+,64+,65-/m0/s1. The highest BCUT2D eigenvalue weighted by Gasteiger charge is 2.71. The minimum Gasteiger partial charge on any atom is -0.432 e. The monoisotopic (exact) mass is 1370 g/mol. The maximum atomic E-state index is 15.3. The molecule has 30 heteroatoms. The van der Waals surface area contributed by atoms with Gasteiger partial charge < -0.3 is 144 Å². The van der Waals surface area contributed by atoms with Gasteiger partial charge in [-0.25, -0.2) is 0 Å². The second-order valence-electron chi connectivity index (χ2n) is 31.4. The fourth-order valence-corrected chi connectivity index (χ4v) is 19.5. The van der Waals surface area contributed by atoms with E-state index >= 15 is 4.79 Å². The number of carbonyl (C=O) groups excluding carboxylic acids is 1. The van der Waals surface area contributed by atoms with Gasteiger partial charge in [0, 0.05) is 6.61 Å². The zero-order chi connectivity index (χ0) is 69.3. The Kier molecular flexibility index (Phi) is 21.7. The maximum Gasteiger partial charge on any atom is 0.315 e. The first kappa shape index (κ1) is 74.3. The summed E-state index contributed by atoms with van der Waals surface area (Å²) < 4.78 is 65.9. The van der Waals surface area contributed by atoms with E-state index in [4.69, 9.17) is 52.1 Å². The molecule has 38 atom stereocenters. The SMILES string of the molecule is C[C@@H]1O[C@@H](O[C@@H]2[C@@H](O)[C@@H](O[C@@H]3O[C@H](CO)[C@@H](O)[C@H](O)[C@H]3O)CO[C@H]2[C@H]2CC[C@@]3(C)[C@@H](CC[C@]4(C)[C@@H]3CC=C3[C@@H]5CC(C)(C)CC[C@]5(C(=O)O[C@@H]5O[C@@H](C)[C@H](O[C@@H]6O[C@H](CO[C@@H]7O[C@H](CO)[C@@H](O)[C@H](O)[C@H]7O)[C@@H](O)[C@H](O)[C@H]6O)[C@@H](O)[C@H]5O)CC[C@]34C)[C@]2(C)CO)[C@H](O)[C@H](O)[C@H]1O. The van der Waals surface area contributed by atoms with E-state index in [1.165, 1.54) is 19.4 Å².